The molecule has 0 unspecified atom stereocenters. The van der Waals surface area contributed by atoms with E-state index in [1.165, 1.54) is 18.8 Å². The lowest BCUT2D eigenvalue weighted by atomic mass is 10.1. The molecule has 2 aromatic rings. The minimum Gasteiger partial charge on any atom is -0.463 e. The number of amides is 1. The fourth-order valence-electron chi connectivity index (χ4n) is 3.35. The SMILES string of the molecule is O=C1/C(=C\c2coc3ccccc3c2=O)NC(=S)N1CN1CCCCC1. The van der Waals surface area contributed by atoms with E-state index in [1.807, 2.05) is 6.07 Å². The summed E-state index contributed by atoms with van der Waals surface area (Å²) >= 11 is 5.31. The Morgan fingerprint density at radius 3 is 2.73 bits per heavy atom. The van der Waals surface area contributed by atoms with E-state index >= 15 is 0 Å². The zero-order valence-electron chi connectivity index (χ0n) is 14.2. The molecule has 0 radical (unpaired) electrons. The van der Waals surface area contributed by atoms with E-state index in [4.69, 9.17) is 16.6 Å². The van der Waals surface area contributed by atoms with Gasteiger partial charge in [-0.15, -0.1) is 0 Å². The van der Waals surface area contributed by atoms with Gasteiger partial charge in [-0.1, -0.05) is 18.6 Å². The monoisotopic (exact) mass is 369 g/mol. The Morgan fingerprint density at radius 2 is 1.92 bits per heavy atom. The van der Waals surface area contributed by atoms with Crippen LogP contribution in [0, 0.1) is 0 Å². The van der Waals surface area contributed by atoms with Crippen molar-refractivity contribution in [3.63, 3.8) is 0 Å². The van der Waals surface area contributed by atoms with Gasteiger partial charge in [-0.3, -0.25) is 19.4 Å². The molecule has 1 aromatic carbocycles. The van der Waals surface area contributed by atoms with E-state index in [0.717, 1.165) is 25.9 Å². The molecule has 2 saturated heterocycles. The minimum atomic E-state index is -0.215. The van der Waals surface area contributed by atoms with Gasteiger partial charge in [0.15, 0.2) is 10.5 Å². The summed E-state index contributed by atoms with van der Waals surface area (Å²) in [6.07, 6.45) is 6.41. The number of hydrogen-bond donors (Lipinski definition) is 1. The maximum atomic E-state index is 12.7. The molecule has 0 atom stereocenters. The van der Waals surface area contributed by atoms with E-state index in [2.05, 4.69) is 10.2 Å². The Hall–Kier alpha value is -2.51. The topological polar surface area (TPSA) is 65.8 Å². The number of nitrogens with zero attached hydrogens (tertiary/aromatic N) is 2. The highest BCUT2D eigenvalue weighted by molar-refractivity contribution is 7.80. The summed E-state index contributed by atoms with van der Waals surface area (Å²) < 4.78 is 5.51. The first-order valence-corrected chi connectivity index (χ1v) is 9.12. The average Bonchev–Trinajstić information content (AvgIpc) is 2.92. The molecule has 6 nitrogen and oxygen atoms in total. The molecule has 4 rings (SSSR count). The lowest BCUT2D eigenvalue weighted by molar-refractivity contribution is -0.123. The highest BCUT2D eigenvalue weighted by Gasteiger charge is 2.32. The van der Waals surface area contributed by atoms with Crippen molar-refractivity contribution < 1.29 is 9.21 Å². The molecule has 0 bridgehead atoms. The lowest BCUT2D eigenvalue weighted by Gasteiger charge is -2.29. The first-order chi connectivity index (χ1) is 12.6. The molecule has 0 saturated carbocycles. The van der Waals surface area contributed by atoms with E-state index in [0.29, 0.717) is 34.0 Å². The van der Waals surface area contributed by atoms with Crippen molar-refractivity contribution in [2.75, 3.05) is 19.8 Å². The van der Waals surface area contributed by atoms with Crippen molar-refractivity contribution in [1.82, 2.24) is 15.1 Å². The second kappa shape index (κ2) is 7.01. The van der Waals surface area contributed by atoms with Crippen LogP contribution in [0.25, 0.3) is 17.0 Å². The predicted octanol–water partition coefficient (Wildman–Crippen LogP) is 2.29. The number of rotatable bonds is 3. The number of benzene rings is 1. The maximum Gasteiger partial charge on any atom is 0.277 e. The van der Waals surface area contributed by atoms with Crippen LogP contribution in [0.3, 0.4) is 0 Å². The van der Waals surface area contributed by atoms with Gasteiger partial charge >= 0.3 is 0 Å². The number of likely N-dealkylation sites (tertiary alicyclic amines) is 1. The fraction of sp³-hybridized carbons (Fsp3) is 0.316. The molecule has 0 spiro atoms. The third kappa shape index (κ3) is 3.15. The number of fused-ring (bicyclic) bond motifs is 1. The van der Waals surface area contributed by atoms with E-state index in [9.17, 15) is 9.59 Å². The van der Waals surface area contributed by atoms with Crippen LogP contribution in [-0.2, 0) is 4.79 Å². The Morgan fingerprint density at radius 1 is 1.15 bits per heavy atom. The van der Waals surface area contributed by atoms with Gasteiger partial charge in [-0.05, 0) is 56.4 Å². The third-order valence-electron chi connectivity index (χ3n) is 4.76. The summed E-state index contributed by atoms with van der Waals surface area (Å²) in [5.41, 5.74) is 0.971. The molecule has 7 heteroatoms. The number of piperidine rings is 1. The molecular weight excluding hydrogens is 350 g/mol. The van der Waals surface area contributed by atoms with Crippen LogP contribution in [-0.4, -0.2) is 40.6 Å². The number of carbonyl (C=O) groups excluding carboxylic acids is 1. The van der Waals surface area contributed by atoms with Gasteiger partial charge in [-0.2, -0.15) is 0 Å². The molecule has 1 amide bonds. The Labute approximate surface area is 156 Å². The molecule has 2 aliphatic heterocycles. The number of hydrogen-bond acceptors (Lipinski definition) is 5. The van der Waals surface area contributed by atoms with Gasteiger partial charge in [0.1, 0.15) is 17.5 Å². The Bertz CT molecular complexity index is 960. The van der Waals surface area contributed by atoms with Crippen molar-refractivity contribution in [1.29, 1.82) is 0 Å². The van der Waals surface area contributed by atoms with Crippen LogP contribution in [0.2, 0.25) is 0 Å². The summed E-state index contributed by atoms with van der Waals surface area (Å²) in [4.78, 5) is 29.1. The lowest BCUT2D eigenvalue weighted by Crippen LogP contribution is -2.43. The van der Waals surface area contributed by atoms with Crippen molar-refractivity contribution in [2.45, 2.75) is 19.3 Å². The fourth-order valence-corrected chi connectivity index (χ4v) is 3.60. The Kier molecular flexibility index (Phi) is 4.57. The van der Waals surface area contributed by atoms with Gasteiger partial charge in [0.25, 0.3) is 5.91 Å². The van der Waals surface area contributed by atoms with Gasteiger partial charge in [0, 0.05) is 0 Å². The second-order valence-electron chi connectivity index (χ2n) is 6.56. The zero-order chi connectivity index (χ0) is 18.1. The summed E-state index contributed by atoms with van der Waals surface area (Å²) in [5.74, 6) is -0.215. The molecule has 1 N–H and O–H groups in total. The summed E-state index contributed by atoms with van der Waals surface area (Å²) in [7, 11) is 0. The molecule has 26 heavy (non-hydrogen) atoms. The van der Waals surface area contributed by atoms with Gasteiger partial charge in [0.2, 0.25) is 0 Å². The molecule has 134 valence electrons. The van der Waals surface area contributed by atoms with Crippen molar-refractivity contribution in [3.8, 4) is 0 Å². The predicted molar refractivity (Wildman–Crippen MR) is 103 cm³/mol. The smallest absolute Gasteiger partial charge is 0.277 e. The van der Waals surface area contributed by atoms with Crippen molar-refractivity contribution in [3.05, 3.63) is 52.0 Å². The average molecular weight is 369 g/mol. The molecular formula is C19H19N3O3S. The van der Waals surface area contributed by atoms with Crippen LogP contribution >= 0.6 is 12.2 Å². The van der Waals surface area contributed by atoms with Crippen LogP contribution in [0.1, 0.15) is 24.8 Å². The van der Waals surface area contributed by atoms with Crippen LogP contribution < -0.4 is 10.7 Å². The van der Waals surface area contributed by atoms with Crippen LogP contribution in [0.4, 0.5) is 0 Å². The summed E-state index contributed by atoms with van der Waals surface area (Å²) in [6, 6.07) is 7.04. The molecule has 2 fully saturated rings. The largest absolute Gasteiger partial charge is 0.463 e. The first-order valence-electron chi connectivity index (χ1n) is 8.71. The highest BCUT2D eigenvalue weighted by Crippen LogP contribution is 2.17. The molecule has 2 aliphatic rings. The minimum absolute atomic E-state index is 0.172. The normalized spacial score (nSPS) is 20.2. The van der Waals surface area contributed by atoms with Crippen LogP contribution in [0.5, 0.6) is 0 Å². The highest BCUT2D eigenvalue weighted by atomic mass is 32.1. The maximum absolute atomic E-state index is 12.7. The van der Waals surface area contributed by atoms with Gasteiger partial charge in [-0.25, -0.2) is 0 Å². The number of nitrogens with one attached hydrogen (secondary N) is 1. The van der Waals surface area contributed by atoms with E-state index in [-0.39, 0.29) is 11.3 Å². The second-order valence-corrected chi connectivity index (χ2v) is 6.94. The third-order valence-corrected chi connectivity index (χ3v) is 5.08. The van der Waals surface area contributed by atoms with Crippen LogP contribution in [0.15, 0.2) is 45.4 Å². The van der Waals surface area contributed by atoms with Crippen molar-refractivity contribution >= 4 is 40.3 Å². The zero-order valence-corrected chi connectivity index (χ0v) is 15.1. The van der Waals surface area contributed by atoms with E-state index in [1.54, 1.807) is 23.1 Å². The van der Waals surface area contributed by atoms with Gasteiger partial charge in [0.05, 0.1) is 17.6 Å². The molecule has 3 heterocycles. The summed E-state index contributed by atoms with van der Waals surface area (Å²) in [6.45, 7) is 2.42. The Balaban J connectivity index is 1.60. The van der Waals surface area contributed by atoms with Crippen molar-refractivity contribution in [2.24, 2.45) is 0 Å². The van der Waals surface area contributed by atoms with E-state index < -0.39 is 0 Å². The quantitative estimate of drug-likeness (QED) is 0.662. The first kappa shape index (κ1) is 16.9. The number of carbonyl (C=O) groups is 1. The van der Waals surface area contributed by atoms with Gasteiger partial charge < -0.3 is 9.73 Å². The number of thiocarbonyl (C=S) groups is 1. The molecule has 1 aromatic heterocycles. The number of para-hydroxylation sites is 1. The standard InChI is InChI=1S/C19H19N3O3S/c23-17-13(11-25-16-7-3-2-6-14(16)17)10-15-18(24)22(19(26)20-15)12-21-8-4-1-5-9-21/h2-3,6-7,10-11H,1,4-5,8-9,12H2,(H,20,26)/b15-10+. The molecule has 0 aliphatic carbocycles. The summed E-state index contributed by atoms with van der Waals surface area (Å²) in [5, 5.41) is 3.79.